The molecule has 0 atom stereocenters. The number of carbonyl (C=O) groups excluding carboxylic acids is 1. The van der Waals surface area contributed by atoms with Gasteiger partial charge in [0, 0.05) is 18.8 Å². The van der Waals surface area contributed by atoms with E-state index in [0.717, 1.165) is 0 Å². The zero-order chi connectivity index (χ0) is 12.1. The zero-order valence-corrected chi connectivity index (χ0v) is 9.28. The summed E-state index contributed by atoms with van der Waals surface area (Å²) in [6.45, 7) is 2.54. The van der Waals surface area contributed by atoms with Gasteiger partial charge in [-0.1, -0.05) is 0 Å². The summed E-state index contributed by atoms with van der Waals surface area (Å²) in [4.78, 5) is 11.6. The van der Waals surface area contributed by atoms with Crippen molar-refractivity contribution in [1.29, 1.82) is 0 Å². The standard InChI is InChI=1S/C11H14FN3O2/c12-9-1-3-10(4-2-9)13-11(16)14-15-5-7-17-8-6-15/h1-4H,5-8H2,(H2,13,14,16). The maximum absolute atomic E-state index is 12.6. The van der Waals surface area contributed by atoms with Gasteiger partial charge in [0.25, 0.3) is 0 Å². The number of amides is 2. The van der Waals surface area contributed by atoms with Crippen molar-refractivity contribution in [2.75, 3.05) is 31.6 Å². The fourth-order valence-electron chi connectivity index (χ4n) is 1.51. The van der Waals surface area contributed by atoms with Crippen LogP contribution < -0.4 is 10.7 Å². The first-order chi connectivity index (χ1) is 8.24. The quantitative estimate of drug-likeness (QED) is 0.815. The van der Waals surface area contributed by atoms with Crippen molar-refractivity contribution in [2.45, 2.75) is 0 Å². The average Bonchev–Trinajstić information content (AvgIpc) is 2.33. The summed E-state index contributed by atoms with van der Waals surface area (Å²) in [6.07, 6.45) is 0. The molecule has 1 aromatic carbocycles. The van der Waals surface area contributed by atoms with Gasteiger partial charge in [-0.3, -0.25) is 5.43 Å². The Morgan fingerprint density at radius 1 is 1.24 bits per heavy atom. The minimum Gasteiger partial charge on any atom is -0.379 e. The summed E-state index contributed by atoms with van der Waals surface area (Å²) in [6, 6.07) is 5.27. The van der Waals surface area contributed by atoms with Gasteiger partial charge in [-0.25, -0.2) is 14.2 Å². The van der Waals surface area contributed by atoms with Crippen LogP contribution >= 0.6 is 0 Å². The number of hydrogen-bond donors (Lipinski definition) is 2. The van der Waals surface area contributed by atoms with Gasteiger partial charge in [0.15, 0.2) is 0 Å². The molecule has 0 bridgehead atoms. The first kappa shape index (κ1) is 11.8. The molecule has 1 aliphatic heterocycles. The molecule has 92 valence electrons. The second kappa shape index (κ2) is 5.60. The lowest BCUT2D eigenvalue weighted by molar-refractivity contribution is 0.0207. The van der Waals surface area contributed by atoms with Crippen LogP contribution in [0.3, 0.4) is 0 Å². The van der Waals surface area contributed by atoms with E-state index in [1.165, 1.54) is 24.3 Å². The highest BCUT2D eigenvalue weighted by atomic mass is 19.1. The Kier molecular flexibility index (Phi) is 3.89. The Morgan fingerprint density at radius 3 is 2.53 bits per heavy atom. The molecule has 0 aromatic heterocycles. The molecule has 5 nitrogen and oxygen atoms in total. The lowest BCUT2D eigenvalue weighted by atomic mass is 10.3. The average molecular weight is 239 g/mol. The van der Waals surface area contributed by atoms with Crippen LogP contribution in [0, 0.1) is 5.82 Å². The number of benzene rings is 1. The van der Waals surface area contributed by atoms with Gasteiger partial charge in [0.1, 0.15) is 5.82 Å². The predicted molar refractivity (Wildman–Crippen MR) is 60.9 cm³/mol. The molecule has 2 N–H and O–H groups in total. The van der Waals surface area contributed by atoms with Crippen molar-refractivity contribution in [3.63, 3.8) is 0 Å². The largest absolute Gasteiger partial charge is 0.379 e. The first-order valence-corrected chi connectivity index (χ1v) is 5.40. The molecule has 0 aliphatic carbocycles. The fourth-order valence-corrected chi connectivity index (χ4v) is 1.51. The van der Waals surface area contributed by atoms with Crippen LogP contribution in [0.15, 0.2) is 24.3 Å². The van der Waals surface area contributed by atoms with Crippen LogP contribution in [0.1, 0.15) is 0 Å². The molecular formula is C11H14FN3O2. The van der Waals surface area contributed by atoms with Gasteiger partial charge >= 0.3 is 6.03 Å². The molecule has 1 fully saturated rings. The molecule has 6 heteroatoms. The molecule has 2 amide bonds. The van der Waals surface area contributed by atoms with E-state index in [-0.39, 0.29) is 11.8 Å². The topological polar surface area (TPSA) is 53.6 Å². The monoisotopic (exact) mass is 239 g/mol. The molecule has 1 aliphatic rings. The maximum atomic E-state index is 12.6. The summed E-state index contributed by atoms with van der Waals surface area (Å²) in [7, 11) is 0. The highest BCUT2D eigenvalue weighted by Crippen LogP contribution is 2.07. The fraction of sp³-hybridized carbons (Fsp3) is 0.364. The summed E-state index contributed by atoms with van der Waals surface area (Å²) >= 11 is 0. The van der Waals surface area contributed by atoms with E-state index in [2.05, 4.69) is 10.7 Å². The Labute approximate surface area is 98.5 Å². The van der Waals surface area contributed by atoms with Crippen molar-refractivity contribution >= 4 is 11.7 Å². The molecule has 2 rings (SSSR count). The minimum atomic E-state index is -0.335. The number of hydrogen-bond acceptors (Lipinski definition) is 3. The molecule has 1 heterocycles. The Morgan fingerprint density at radius 2 is 1.88 bits per heavy atom. The van der Waals surface area contributed by atoms with Gasteiger partial charge < -0.3 is 10.1 Å². The zero-order valence-electron chi connectivity index (χ0n) is 9.28. The molecule has 0 radical (unpaired) electrons. The SMILES string of the molecule is O=C(Nc1ccc(F)cc1)NN1CCOCC1. The number of rotatable bonds is 2. The molecule has 0 unspecified atom stereocenters. The smallest absolute Gasteiger partial charge is 0.333 e. The second-order valence-corrected chi connectivity index (χ2v) is 3.67. The van der Waals surface area contributed by atoms with E-state index >= 15 is 0 Å². The van der Waals surface area contributed by atoms with Gasteiger partial charge in [0.2, 0.25) is 0 Å². The summed E-state index contributed by atoms with van der Waals surface area (Å²) in [5.74, 6) is -0.330. The molecule has 1 aromatic rings. The number of halogens is 1. The summed E-state index contributed by atoms with van der Waals surface area (Å²) < 4.78 is 17.8. The third-order valence-corrected chi connectivity index (χ3v) is 2.37. The Bertz CT molecular complexity index is 377. The van der Waals surface area contributed by atoms with Gasteiger partial charge in [-0.2, -0.15) is 0 Å². The van der Waals surface area contributed by atoms with Crippen molar-refractivity contribution < 1.29 is 13.9 Å². The van der Waals surface area contributed by atoms with Crippen molar-refractivity contribution in [1.82, 2.24) is 10.4 Å². The van der Waals surface area contributed by atoms with E-state index in [4.69, 9.17) is 4.74 Å². The van der Waals surface area contributed by atoms with Crippen LogP contribution in [0.5, 0.6) is 0 Å². The van der Waals surface area contributed by atoms with Crippen LogP contribution in [-0.2, 0) is 4.74 Å². The van der Waals surface area contributed by atoms with Gasteiger partial charge in [0.05, 0.1) is 13.2 Å². The van der Waals surface area contributed by atoms with Crippen molar-refractivity contribution in [2.24, 2.45) is 0 Å². The molecule has 1 saturated heterocycles. The number of nitrogens with one attached hydrogen (secondary N) is 2. The minimum absolute atomic E-state index is 0.330. The maximum Gasteiger partial charge on any atom is 0.333 e. The number of urea groups is 1. The van der Waals surface area contributed by atoms with E-state index in [1.807, 2.05) is 0 Å². The number of ether oxygens (including phenoxy) is 1. The Hall–Kier alpha value is -1.66. The number of carbonyl (C=O) groups is 1. The molecule has 17 heavy (non-hydrogen) atoms. The van der Waals surface area contributed by atoms with E-state index in [9.17, 15) is 9.18 Å². The van der Waals surface area contributed by atoms with E-state index in [0.29, 0.717) is 32.0 Å². The molecule has 0 saturated carbocycles. The van der Waals surface area contributed by atoms with E-state index < -0.39 is 0 Å². The van der Waals surface area contributed by atoms with Crippen LogP contribution in [-0.4, -0.2) is 37.3 Å². The predicted octanol–water partition coefficient (Wildman–Crippen LogP) is 1.19. The molecule has 0 spiro atoms. The molecular weight excluding hydrogens is 225 g/mol. The Balaban J connectivity index is 1.82. The van der Waals surface area contributed by atoms with Gasteiger partial charge in [-0.15, -0.1) is 0 Å². The van der Waals surface area contributed by atoms with Crippen molar-refractivity contribution in [3.8, 4) is 0 Å². The van der Waals surface area contributed by atoms with Crippen LogP contribution in [0.25, 0.3) is 0 Å². The highest BCUT2D eigenvalue weighted by Gasteiger charge is 2.12. The third kappa shape index (κ3) is 3.69. The third-order valence-electron chi connectivity index (χ3n) is 2.37. The normalized spacial score (nSPS) is 16.5. The lowest BCUT2D eigenvalue weighted by Crippen LogP contribution is -2.49. The number of anilines is 1. The van der Waals surface area contributed by atoms with Crippen LogP contribution in [0.4, 0.5) is 14.9 Å². The van der Waals surface area contributed by atoms with Crippen molar-refractivity contribution in [3.05, 3.63) is 30.1 Å². The second-order valence-electron chi connectivity index (χ2n) is 3.67. The first-order valence-electron chi connectivity index (χ1n) is 5.40. The summed E-state index contributed by atoms with van der Waals surface area (Å²) in [5, 5.41) is 4.40. The summed E-state index contributed by atoms with van der Waals surface area (Å²) in [5.41, 5.74) is 3.24. The highest BCUT2D eigenvalue weighted by molar-refractivity contribution is 5.88. The number of hydrazine groups is 1. The lowest BCUT2D eigenvalue weighted by Gasteiger charge is -2.26. The number of morpholine rings is 1. The number of nitrogens with zero attached hydrogens (tertiary/aromatic N) is 1. The van der Waals surface area contributed by atoms with E-state index in [1.54, 1.807) is 5.01 Å². The van der Waals surface area contributed by atoms with Gasteiger partial charge in [-0.05, 0) is 24.3 Å². The van der Waals surface area contributed by atoms with Crippen LogP contribution in [0.2, 0.25) is 0 Å².